The summed E-state index contributed by atoms with van der Waals surface area (Å²) in [6.45, 7) is 4.86. The summed E-state index contributed by atoms with van der Waals surface area (Å²) in [5.41, 5.74) is 2.56. The highest BCUT2D eigenvalue weighted by Gasteiger charge is 2.44. The van der Waals surface area contributed by atoms with Gasteiger partial charge in [-0.3, -0.25) is 9.59 Å². The zero-order chi connectivity index (χ0) is 16.3. The van der Waals surface area contributed by atoms with Crippen LogP contribution in [0.2, 0.25) is 0 Å². The fourth-order valence-corrected chi connectivity index (χ4v) is 2.83. The Morgan fingerprint density at radius 2 is 1.91 bits per heavy atom. The third kappa shape index (κ3) is 4.09. The Bertz CT molecular complexity index is 536. The number of aliphatic carboxylic acids is 1. The van der Waals surface area contributed by atoms with Crippen molar-refractivity contribution in [1.29, 1.82) is 0 Å². The van der Waals surface area contributed by atoms with Crippen molar-refractivity contribution in [3.05, 3.63) is 35.4 Å². The minimum absolute atomic E-state index is 0.0692. The first-order chi connectivity index (χ1) is 10.4. The summed E-state index contributed by atoms with van der Waals surface area (Å²) in [6, 6.07) is 8.57. The van der Waals surface area contributed by atoms with Crippen molar-refractivity contribution in [3.63, 3.8) is 0 Å². The zero-order valence-electron chi connectivity index (χ0n) is 13.6. The molecule has 0 heterocycles. The third-order valence-corrected chi connectivity index (χ3v) is 4.40. The Morgan fingerprint density at radius 1 is 1.27 bits per heavy atom. The zero-order valence-corrected chi connectivity index (χ0v) is 13.6. The topological polar surface area (TPSA) is 57.6 Å². The van der Waals surface area contributed by atoms with Gasteiger partial charge in [0.2, 0.25) is 5.91 Å². The molecule has 1 N–H and O–H groups in total. The first kappa shape index (κ1) is 16.5. The molecule has 0 aromatic heterocycles. The van der Waals surface area contributed by atoms with Crippen LogP contribution in [0.1, 0.15) is 56.1 Å². The van der Waals surface area contributed by atoms with Crippen LogP contribution in [0.5, 0.6) is 0 Å². The highest BCUT2D eigenvalue weighted by atomic mass is 16.4. The first-order valence-corrected chi connectivity index (χ1v) is 7.96. The first-order valence-electron chi connectivity index (χ1n) is 7.96. The predicted molar refractivity (Wildman–Crippen MR) is 85.9 cm³/mol. The van der Waals surface area contributed by atoms with Gasteiger partial charge in [-0.1, -0.05) is 38.1 Å². The van der Waals surface area contributed by atoms with E-state index in [4.69, 9.17) is 5.11 Å². The molecule has 22 heavy (non-hydrogen) atoms. The number of benzene rings is 1. The number of carbonyl (C=O) groups is 2. The summed E-state index contributed by atoms with van der Waals surface area (Å²) >= 11 is 0. The maximum absolute atomic E-state index is 12.3. The highest BCUT2D eigenvalue weighted by Crippen LogP contribution is 2.48. The Hall–Kier alpha value is -1.84. The monoisotopic (exact) mass is 303 g/mol. The number of rotatable bonds is 7. The Balaban J connectivity index is 1.85. The number of hydrogen-bond acceptors (Lipinski definition) is 2. The molecule has 4 nitrogen and oxygen atoms in total. The van der Waals surface area contributed by atoms with Gasteiger partial charge in [-0.05, 0) is 35.8 Å². The maximum Gasteiger partial charge on any atom is 0.303 e. The van der Waals surface area contributed by atoms with E-state index in [1.54, 1.807) is 11.9 Å². The minimum Gasteiger partial charge on any atom is -0.481 e. The molecule has 0 radical (unpaired) electrons. The van der Waals surface area contributed by atoms with Crippen LogP contribution in [-0.2, 0) is 9.59 Å². The van der Waals surface area contributed by atoms with Crippen molar-refractivity contribution in [3.8, 4) is 0 Å². The van der Waals surface area contributed by atoms with Gasteiger partial charge >= 0.3 is 5.97 Å². The second kappa shape index (κ2) is 6.95. The summed E-state index contributed by atoms with van der Waals surface area (Å²) in [7, 11) is 1.77. The van der Waals surface area contributed by atoms with Gasteiger partial charge in [0.25, 0.3) is 0 Å². The Morgan fingerprint density at radius 3 is 2.45 bits per heavy atom. The van der Waals surface area contributed by atoms with E-state index < -0.39 is 5.97 Å². The van der Waals surface area contributed by atoms with E-state index in [9.17, 15) is 9.59 Å². The molecular weight excluding hydrogens is 278 g/mol. The SMILES string of the molecule is CC(C)c1ccc(C2CC2C(=O)N(C)CCCC(=O)O)cc1. The second-order valence-corrected chi connectivity index (χ2v) is 6.53. The van der Waals surface area contributed by atoms with E-state index in [0.717, 1.165) is 6.42 Å². The normalized spacial score (nSPS) is 20.0. The quantitative estimate of drug-likeness (QED) is 0.841. The molecular formula is C18H25NO3. The molecule has 1 amide bonds. The van der Waals surface area contributed by atoms with Crippen molar-refractivity contribution < 1.29 is 14.7 Å². The molecule has 2 rings (SSSR count). The Labute approximate surface area is 132 Å². The van der Waals surface area contributed by atoms with Crippen LogP contribution in [-0.4, -0.2) is 35.5 Å². The molecule has 1 aromatic carbocycles. The summed E-state index contributed by atoms with van der Waals surface area (Å²) in [4.78, 5) is 24.5. The molecule has 1 aliphatic rings. The lowest BCUT2D eigenvalue weighted by molar-refractivity contribution is -0.138. The van der Waals surface area contributed by atoms with E-state index >= 15 is 0 Å². The van der Waals surface area contributed by atoms with E-state index in [1.807, 2.05) is 0 Å². The molecule has 120 valence electrons. The van der Waals surface area contributed by atoms with Gasteiger partial charge in [0, 0.05) is 25.9 Å². The smallest absolute Gasteiger partial charge is 0.303 e. The Kier molecular flexibility index (Phi) is 5.22. The highest BCUT2D eigenvalue weighted by molar-refractivity contribution is 5.82. The van der Waals surface area contributed by atoms with E-state index in [-0.39, 0.29) is 18.2 Å². The van der Waals surface area contributed by atoms with Crippen molar-refractivity contribution in [2.75, 3.05) is 13.6 Å². The van der Waals surface area contributed by atoms with Crippen molar-refractivity contribution >= 4 is 11.9 Å². The molecule has 0 bridgehead atoms. The van der Waals surface area contributed by atoms with Crippen molar-refractivity contribution in [2.24, 2.45) is 5.92 Å². The maximum atomic E-state index is 12.3. The number of hydrogen-bond donors (Lipinski definition) is 1. The van der Waals surface area contributed by atoms with Gasteiger partial charge in [0.05, 0.1) is 0 Å². The van der Waals surface area contributed by atoms with Gasteiger partial charge in [-0.15, -0.1) is 0 Å². The van der Waals surface area contributed by atoms with Crippen LogP contribution in [0, 0.1) is 5.92 Å². The third-order valence-electron chi connectivity index (χ3n) is 4.40. The lowest BCUT2D eigenvalue weighted by Crippen LogP contribution is -2.29. The fraction of sp³-hybridized carbons (Fsp3) is 0.556. The van der Waals surface area contributed by atoms with Gasteiger partial charge in [-0.25, -0.2) is 0 Å². The molecule has 2 atom stereocenters. The second-order valence-electron chi connectivity index (χ2n) is 6.53. The number of nitrogens with zero attached hydrogens (tertiary/aromatic N) is 1. The van der Waals surface area contributed by atoms with Crippen molar-refractivity contribution in [1.82, 2.24) is 4.90 Å². The van der Waals surface area contributed by atoms with E-state index in [0.29, 0.717) is 24.8 Å². The average Bonchev–Trinajstić information content (AvgIpc) is 3.26. The standard InChI is InChI=1S/C18H25NO3/c1-12(2)13-6-8-14(9-7-13)15-11-16(15)18(22)19(3)10-4-5-17(20)21/h6-9,12,15-16H,4-5,10-11H2,1-3H3,(H,20,21). The van der Waals surface area contributed by atoms with Crippen LogP contribution in [0.4, 0.5) is 0 Å². The van der Waals surface area contributed by atoms with E-state index in [1.165, 1.54) is 11.1 Å². The summed E-state index contributed by atoms with van der Waals surface area (Å²) in [5, 5.41) is 8.64. The molecule has 0 spiro atoms. The van der Waals surface area contributed by atoms with Gasteiger partial charge in [0.15, 0.2) is 0 Å². The predicted octanol–water partition coefficient (Wildman–Crippen LogP) is 3.24. The average molecular weight is 303 g/mol. The molecule has 1 saturated carbocycles. The molecule has 0 saturated heterocycles. The van der Waals surface area contributed by atoms with Crippen LogP contribution < -0.4 is 0 Å². The van der Waals surface area contributed by atoms with Crippen LogP contribution in [0.25, 0.3) is 0 Å². The fourth-order valence-electron chi connectivity index (χ4n) is 2.83. The summed E-state index contributed by atoms with van der Waals surface area (Å²) in [6.07, 6.45) is 1.53. The number of carboxylic acids is 1. The summed E-state index contributed by atoms with van der Waals surface area (Å²) in [5.74, 6) is 0.250. The van der Waals surface area contributed by atoms with Gasteiger partial charge < -0.3 is 10.0 Å². The number of carbonyl (C=O) groups excluding carboxylic acids is 1. The molecule has 1 aliphatic carbocycles. The number of carboxylic acid groups (broad SMARTS) is 1. The molecule has 4 heteroatoms. The minimum atomic E-state index is -0.810. The van der Waals surface area contributed by atoms with Crippen LogP contribution >= 0.6 is 0 Å². The molecule has 1 aromatic rings. The van der Waals surface area contributed by atoms with Gasteiger partial charge in [-0.2, -0.15) is 0 Å². The molecule has 1 fully saturated rings. The summed E-state index contributed by atoms with van der Waals surface area (Å²) < 4.78 is 0. The van der Waals surface area contributed by atoms with Gasteiger partial charge in [0.1, 0.15) is 0 Å². The van der Waals surface area contributed by atoms with Crippen LogP contribution in [0.15, 0.2) is 24.3 Å². The lowest BCUT2D eigenvalue weighted by atomic mass is 10.00. The lowest BCUT2D eigenvalue weighted by Gasteiger charge is -2.16. The van der Waals surface area contributed by atoms with Crippen molar-refractivity contribution in [2.45, 2.75) is 44.9 Å². The van der Waals surface area contributed by atoms with Crippen LogP contribution in [0.3, 0.4) is 0 Å². The van der Waals surface area contributed by atoms with E-state index in [2.05, 4.69) is 38.1 Å². The molecule has 0 aliphatic heterocycles. The largest absolute Gasteiger partial charge is 0.481 e. The molecule has 2 unspecified atom stereocenters. The number of amides is 1.